The molecule has 1 saturated heterocycles. The molecule has 1 aromatic rings. The van der Waals surface area contributed by atoms with E-state index in [-0.39, 0.29) is 5.92 Å². The molecule has 7 heteroatoms. The quantitative estimate of drug-likeness (QED) is 0.829. The molecule has 1 aromatic heterocycles. The molecule has 18 heavy (non-hydrogen) atoms. The van der Waals surface area contributed by atoms with Crippen LogP contribution in [-0.2, 0) is 10.2 Å². The zero-order valence-electron chi connectivity index (χ0n) is 10.1. The molecule has 0 radical (unpaired) electrons. The zero-order valence-corrected chi connectivity index (χ0v) is 10.9. The Morgan fingerprint density at radius 1 is 1.50 bits per heavy atom. The van der Waals surface area contributed by atoms with Crippen molar-refractivity contribution >= 4 is 16.0 Å². The van der Waals surface area contributed by atoms with Crippen LogP contribution in [0.3, 0.4) is 0 Å². The van der Waals surface area contributed by atoms with Crippen molar-refractivity contribution in [2.24, 2.45) is 11.7 Å². The van der Waals surface area contributed by atoms with E-state index < -0.39 is 10.2 Å². The van der Waals surface area contributed by atoms with Gasteiger partial charge in [0.1, 0.15) is 5.82 Å². The van der Waals surface area contributed by atoms with E-state index in [2.05, 4.69) is 9.71 Å². The van der Waals surface area contributed by atoms with Gasteiger partial charge in [0.15, 0.2) is 0 Å². The maximum atomic E-state index is 12.2. The average molecular weight is 270 g/mol. The van der Waals surface area contributed by atoms with Crippen molar-refractivity contribution in [2.75, 3.05) is 24.4 Å². The minimum absolute atomic E-state index is 0.249. The van der Waals surface area contributed by atoms with Crippen LogP contribution in [0.5, 0.6) is 0 Å². The minimum Gasteiger partial charge on any atom is -0.330 e. The van der Waals surface area contributed by atoms with Gasteiger partial charge in [-0.15, -0.1) is 0 Å². The first-order valence-electron chi connectivity index (χ1n) is 6.01. The fourth-order valence-electron chi connectivity index (χ4n) is 2.06. The lowest BCUT2D eigenvalue weighted by molar-refractivity contribution is 0.273. The van der Waals surface area contributed by atoms with E-state index in [0.717, 1.165) is 12.8 Å². The molecule has 0 bridgehead atoms. The van der Waals surface area contributed by atoms with E-state index in [1.807, 2.05) is 0 Å². The molecule has 100 valence electrons. The zero-order chi connectivity index (χ0) is 13.0. The summed E-state index contributed by atoms with van der Waals surface area (Å²) in [5.74, 6) is 0.589. The molecule has 3 N–H and O–H groups in total. The van der Waals surface area contributed by atoms with Gasteiger partial charge < -0.3 is 5.73 Å². The molecule has 0 aliphatic carbocycles. The first kappa shape index (κ1) is 13.3. The smallest absolute Gasteiger partial charge is 0.302 e. The fraction of sp³-hybridized carbons (Fsp3) is 0.545. The van der Waals surface area contributed by atoms with Gasteiger partial charge in [-0.1, -0.05) is 6.07 Å². The Labute approximate surface area is 107 Å². The second-order valence-corrected chi connectivity index (χ2v) is 6.09. The first-order valence-corrected chi connectivity index (χ1v) is 7.45. The Kier molecular flexibility index (Phi) is 4.15. The van der Waals surface area contributed by atoms with Crippen LogP contribution in [0.4, 0.5) is 5.82 Å². The lowest BCUT2D eigenvalue weighted by Crippen LogP contribution is -2.44. The lowest BCUT2D eigenvalue weighted by Gasteiger charge is -2.31. The van der Waals surface area contributed by atoms with Gasteiger partial charge in [-0.05, 0) is 37.4 Å². The monoisotopic (exact) mass is 270 g/mol. The number of piperidine rings is 1. The molecule has 0 saturated carbocycles. The maximum absolute atomic E-state index is 12.2. The van der Waals surface area contributed by atoms with E-state index in [9.17, 15) is 8.42 Å². The Balaban J connectivity index is 2.06. The van der Waals surface area contributed by atoms with Gasteiger partial charge in [-0.3, -0.25) is 4.72 Å². The number of hydrogen-bond donors (Lipinski definition) is 2. The van der Waals surface area contributed by atoms with Crippen molar-refractivity contribution in [2.45, 2.75) is 12.8 Å². The highest BCUT2D eigenvalue weighted by molar-refractivity contribution is 7.90. The van der Waals surface area contributed by atoms with Crippen LogP contribution in [0, 0.1) is 5.92 Å². The summed E-state index contributed by atoms with van der Waals surface area (Å²) in [6.07, 6.45) is 3.40. The summed E-state index contributed by atoms with van der Waals surface area (Å²) in [6, 6.07) is 5.11. The van der Waals surface area contributed by atoms with Gasteiger partial charge in [-0.25, -0.2) is 4.98 Å². The number of aromatic nitrogens is 1. The second kappa shape index (κ2) is 5.64. The highest BCUT2D eigenvalue weighted by Gasteiger charge is 2.28. The maximum Gasteiger partial charge on any atom is 0.302 e. The normalized spacial score (nSPS) is 21.7. The largest absolute Gasteiger partial charge is 0.330 e. The van der Waals surface area contributed by atoms with Gasteiger partial charge in [0.2, 0.25) is 0 Å². The third kappa shape index (κ3) is 3.18. The molecule has 1 aliphatic rings. The Hall–Kier alpha value is -1.18. The Morgan fingerprint density at radius 2 is 2.33 bits per heavy atom. The SMILES string of the molecule is NCC1CCCN(S(=O)(=O)Nc2ccccn2)C1. The van der Waals surface area contributed by atoms with Gasteiger partial charge >= 0.3 is 10.2 Å². The first-order chi connectivity index (χ1) is 8.62. The number of nitrogens with two attached hydrogens (primary N) is 1. The minimum atomic E-state index is -3.51. The van der Waals surface area contributed by atoms with E-state index in [0.29, 0.717) is 25.5 Å². The van der Waals surface area contributed by atoms with Gasteiger partial charge in [0, 0.05) is 19.3 Å². The third-order valence-electron chi connectivity index (χ3n) is 3.05. The predicted octanol–water partition coefficient (Wildman–Crippen LogP) is 0.409. The van der Waals surface area contributed by atoms with E-state index >= 15 is 0 Å². The number of nitrogens with zero attached hydrogens (tertiary/aromatic N) is 2. The van der Waals surface area contributed by atoms with Crippen molar-refractivity contribution < 1.29 is 8.42 Å². The summed E-state index contributed by atoms with van der Waals surface area (Å²) in [5, 5.41) is 0. The van der Waals surface area contributed by atoms with Gasteiger partial charge in [0.25, 0.3) is 0 Å². The topological polar surface area (TPSA) is 88.3 Å². The predicted molar refractivity (Wildman–Crippen MR) is 70.1 cm³/mol. The van der Waals surface area contributed by atoms with Gasteiger partial charge in [-0.2, -0.15) is 12.7 Å². The molecule has 0 aromatic carbocycles. The van der Waals surface area contributed by atoms with Crippen molar-refractivity contribution in [1.29, 1.82) is 0 Å². The summed E-state index contributed by atoms with van der Waals surface area (Å²) < 4.78 is 28.2. The van der Waals surface area contributed by atoms with Crippen LogP contribution < -0.4 is 10.5 Å². The fourth-order valence-corrected chi connectivity index (χ4v) is 3.35. The summed E-state index contributed by atoms with van der Waals surface area (Å²) in [6.45, 7) is 1.55. The summed E-state index contributed by atoms with van der Waals surface area (Å²) in [5.41, 5.74) is 5.61. The molecule has 6 nitrogen and oxygen atoms in total. The van der Waals surface area contributed by atoms with E-state index in [4.69, 9.17) is 5.73 Å². The molecule has 1 unspecified atom stereocenters. The number of rotatable bonds is 4. The lowest BCUT2D eigenvalue weighted by atomic mass is 10.0. The third-order valence-corrected chi connectivity index (χ3v) is 4.53. The summed E-state index contributed by atoms with van der Waals surface area (Å²) in [7, 11) is -3.51. The number of anilines is 1. The van der Waals surface area contributed by atoms with Crippen LogP contribution in [0.15, 0.2) is 24.4 Å². The van der Waals surface area contributed by atoms with Crippen molar-refractivity contribution in [3.63, 3.8) is 0 Å². The van der Waals surface area contributed by atoms with Crippen molar-refractivity contribution in [3.8, 4) is 0 Å². The van der Waals surface area contributed by atoms with Gasteiger partial charge in [0.05, 0.1) is 0 Å². The van der Waals surface area contributed by atoms with Crippen LogP contribution in [0.2, 0.25) is 0 Å². The molecule has 0 spiro atoms. The molecular formula is C11H18N4O2S. The number of hydrogen-bond acceptors (Lipinski definition) is 4. The molecule has 1 fully saturated rings. The Morgan fingerprint density at radius 3 is 3.00 bits per heavy atom. The Bertz CT molecular complexity index is 477. The van der Waals surface area contributed by atoms with E-state index in [1.54, 1.807) is 24.4 Å². The molecule has 1 atom stereocenters. The highest BCUT2D eigenvalue weighted by Crippen LogP contribution is 2.19. The second-order valence-electron chi connectivity index (χ2n) is 4.42. The molecular weight excluding hydrogens is 252 g/mol. The molecule has 2 rings (SSSR count). The summed E-state index contributed by atoms with van der Waals surface area (Å²) in [4.78, 5) is 3.96. The molecule has 0 amide bonds. The molecule has 1 aliphatic heterocycles. The summed E-state index contributed by atoms with van der Waals surface area (Å²) >= 11 is 0. The standard InChI is InChI=1S/C11H18N4O2S/c12-8-10-4-3-7-15(9-10)18(16,17)14-11-5-1-2-6-13-11/h1-2,5-6,10H,3-4,7-9,12H2,(H,13,14). The van der Waals surface area contributed by atoms with E-state index in [1.165, 1.54) is 4.31 Å². The van der Waals surface area contributed by atoms with Crippen LogP contribution in [0.25, 0.3) is 0 Å². The van der Waals surface area contributed by atoms with Crippen molar-refractivity contribution in [3.05, 3.63) is 24.4 Å². The molecule has 2 heterocycles. The van der Waals surface area contributed by atoms with Crippen LogP contribution >= 0.6 is 0 Å². The number of pyridine rings is 1. The highest BCUT2D eigenvalue weighted by atomic mass is 32.2. The van der Waals surface area contributed by atoms with Crippen LogP contribution in [0.1, 0.15) is 12.8 Å². The average Bonchev–Trinajstić information content (AvgIpc) is 2.39. The number of nitrogens with one attached hydrogen (secondary N) is 1. The van der Waals surface area contributed by atoms with Crippen molar-refractivity contribution in [1.82, 2.24) is 9.29 Å². The van der Waals surface area contributed by atoms with Crippen LogP contribution in [-0.4, -0.2) is 37.3 Å².